The van der Waals surface area contributed by atoms with Gasteiger partial charge >= 0.3 is 0 Å². The highest BCUT2D eigenvalue weighted by Gasteiger charge is 2.23. The van der Waals surface area contributed by atoms with Crippen LogP contribution >= 0.6 is 0 Å². The van der Waals surface area contributed by atoms with E-state index in [1.165, 1.54) is 4.57 Å². The summed E-state index contributed by atoms with van der Waals surface area (Å²) in [6.07, 6.45) is 1.58. The molecule has 0 bridgehead atoms. The molecule has 1 heterocycles. The molecule has 2 aromatic carbocycles. The highest BCUT2D eigenvalue weighted by molar-refractivity contribution is 6.02. The maximum atomic E-state index is 12.8. The first-order chi connectivity index (χ1) is 12.5. The molecule has 1 aromatic heterocycles. The fourth-order valence-corrected chi connectivity index (χ4v) is 3.00. The van der Waals surface area contributed by atoms with E-state index in [-0.39, 0.29) is 23.9 Å². The van der Waals surface area contributed by atoms with Crippen molar-refractivity contribution in [2.24, 2.45) is 0 Å². The molecule has 0 aliphatic rings. The van der Waals surface area contributed by atoms with Gasteiger partial charge in [0.05, 0.1) is 11.6 Å². The van der Waals surface area contributed by atoms with Gasteiger partial charge in [0.1, 0.15) is 11.3 Å². The Morgan fingerprint density at radius 3 is 2.54 bits per heavy atom. The maximum absolute atomic E-state index is 12.8. The third-order valence-electron chi connectivity index (χ3n) is 4.33. The van der Waals surface area contributed by atoms with Crippen molar-refractivity contribution in [3.8, 4) is 5.75 Å². The summed E-state index contributed by atoms with van der Waals surface area (Å²) in [6.45, 7) is 5.74. The summed E-state index contributed by atoms with van der Waals surface area (Å²) < 4.78 is 1.43. The number of fused-ring (bicyclic) bond motifs is 1. The zero-order valence-electron chi connectivity index (χ0n) is 14.5. The summed E-state index contributed by atoms with van der Waals surface area (Å²) in [6, 6.07) is 16.1. The van der Waals surface area contributed by atoms with Crippen LogP contribution in [0.5, 0.6) is 5.75 Å². The number of para-hydroxylation sites is 1. The van der Waals surface area contributed by atoms with Gasteiger partial charge in [-0.2, -0.15) is 0 Å². The molecule has 3 rings (SSSR count). The van der Waals surface area contributed by atoms with Crippen molar-refractivity contribution in [2.45, 2.75) is 19.5 Å². The van der Waals surface area contributed by atoms with E-state index >= 15 is 0 Å². The number of carbonyl (C=O) groups is 1. The number of aromatic hydroxyl groups is 1. The Hall–Kier alpha value is -3.34. The van der Waals surface area contributed by atoms with Crippen LogP contribution in [0.4, 0.5) is 0 Å². The van der Waals surface area contributed by atoms with Gasteiger partial charge in [-0.25, -0.2) is 0 Å². The van der Waals surface area contributed by atoms with Crippen molar-refractivity contribution in [2.75, 3.05) is 0 Å². The molecule has 0 aliphatic heterocycles. The topological polar surface area (TPSA) is 71.3 Å². The number of benzene rings is 2. The van der Waals surface area contributed by atoms with Crippen LogP contribution in [0.1, 0.15) is 28.9 Å². The van der Waals surface area contributed by atoms with Crippen molar-refractivity contribution in [3.05, 3.63) is 88.7 Å². The average Bonchev–Trinajstić information content (AvgIpc) is 2.66. The minimum atomic E-state index is -0.604. The minimum Gasteiger partial charge on any atom is -0.506 e. The number of amides is 1. The van der Waals surface area contributed by atoms with E-state index < -0.39 is 11.5 Å². The molecule has 5 nitrogen and oxygen atoms in total. The van der Waals surface area contributed by atoms with Gasteiger partial charge in [-0.05, 0) is 24.6 Å². The Kier molecular flexibility index (Phi) is 4.89. The maximum Gasteiger partial charge on any atom is 0.268 e. The van der Waals surface area contributed by atoms with Crippen molar-refractivity contribution in [3.63, 3.8) is 0 Å². The van der Waals surface area contributed by atoms with Crippen LogP contribution in [0.15, 0.2) is 72.0 Å². The standard InChI is InChI=1S/C21H20N2O3/c1-3-13-23-17-12-8-7-11-16(17)19(24)18(21(23)26)20(25)22-14(2)15-9-5-4-6-10-15/h3-12,14,24H,1,13H2,2H3,(H,22,25)/t14-/m0/s1. The fourth-order valence-electron chi connectivity index (χ4n) is 3.00. The first-order valence-electron chi connectivity index (χ1n) is 8.35. The summed E-state index contributed by atoms with van der Waals surface area (Å²) >= 11 is 0. The summed E-state index contributed by atoms with van der Waals surface area (Å²) in [5, 5.41) is 13.8. The van der Waals surface area contributed by atoms with Crippen LogP contribution in [-0.4, -0.2) is 15.6 Å². The number of nitrogens with zero attached hydrogens (tertiary/aromatic N) is 1. The number of carbonyl (C=O) groups excluding carboxylic acids is 1. The first-order valence-corrected chi connectivity index (χ1v) is 8.35. The lowest BCUT2D eigenvalue weighted by Crippen LogP contribution is -2.34. The Bertz CT molecular complexity index is 1020. The smallest absolute Gasteiger partial charge is 0.268 e. The minimum absolute atomic E-state index is 0.244. The summed E-state index contributed by atoms with van der Waals surface area (Å²) in [5.74, 6) is -0.906. The van der Waals surface area contributed by atoms with E-state index in [0.717, 1.165) is 5.56 Å². The largest absolute Gasteiger partial charge is 0.506 e. The van der Waals surface area contributed by atoms with Crippen molar-refractivity contribution in [1.82, 2.24) is 9.88 Å². The molecule has 0 aliphatic carbocycles. The van der Waals surface area contributed by atoms with Gasteiger partial charge < -0.3 is 15.0 Å². The SMILES string of the molecule is C=CCn1c(=O)c(C(=O)N[C@@H](C)c2ccccc2)c(O)c2ccccc21. The molecule has 3 aromatic rings. The Labute approximate surface area is 151 Å². The van der Waals surface area contributed by atoms with Gasteiger partial charge in [-0.3, -0.25) is 9.59 Å². The molecular formula is C21H20N2O3. The number of nitrogens with one attached hydrogen (secondary N) is 1. The normalized spacial score (nSPS) is 11.9. The second-order valence-electron chi connectivity index (χ2n) is 6.05. The predicted octanol–water partition coefficient (Wildman–Crippen LogP) is 3.38. The number of allylic oxidation sites excluding steroid dienone is 1. The first kappa shape index (κ1) is 17.5. The number of hydrogen-bond acceptors (Lipinski definition) is 3. The van der Waals surface area contributed by atoms with E-state index in [4.69, 9.17) is 0 Å². The molecule has 0 spiro atoms. The predicted molar refractivity (Wildman–Crippen MR) is 102 cm³/mol. The van der Waals surface area contributed by atoms with Crippen molar-refractivity contribution >= 4 is 16.8 Å². The summed E-state index contributed by atoms with van der Waals surface area (Å²) in [4.78, 5) is 25.6. The molecule has 26 heavy (non-hydrogen) atoms. The number of rotatable bonds is 5. The van der Waals surface area contributed by atoms with Gasteiger partial charge in [0, 0.05) is 11.9 Å². The number of aromatic nitrogens is 1. The molecule has 0 fully saturated rings. The fraction of sp³-hybridized carbons (Fsp3) is 0.143. The van der Waals surface area contributed by atoms with Gasteiger partial charge in [0.15, 0.2) is 0 Å². The number of pyridine rings is 1. The molecule has 1 amide bonds. The van der Waals surface area contributed by atoms with Crippen LogP contribution in [-0.2, 0) is 6.54 Å². The third kappa shape index (κ3) is 3.11. The third-order valence-corrected chi connectivity index (χ3v) is 4.33. The molecule has 0 saturated carbocycles. The highest BCUT2D eigenvalue weighted by Crippen LogP contribution is 2.26. The average molecular weight is 348 g/mol. The van der Waals surface area contributed by atoms with Gasteiger partial charge in [-0.1, -0.05) is 48.5 Å². The summed E-state index contributed by atoms with van der Waals surface area (Å²) in [7, 11) is 0. The lowest BCUT2D eigenvalue weighted by atomic mass is 10.1. The van der Waals surface area contributed by atoms with Gasteiger partial charge in [-0.15, -0.1) is 6.58 Å². The zero-order chi connectivity index (χ0) is 18.7. The molecular weight excluding hydrogens is 328 g/mol. The van der Waals surface area contributed by atoms with Gasteiger partial charge in [0.25, 0.3) is 11.5 Å². The van der Waals surface area contributed by atoms with E-state index in [0.29, 0.717) is 10.9 Å². The van der Waals surface area contributed by atoms with Crippen LogP contribution < -0.4 is 10.9 Å². The second-order valence-corrected chi connectivity index (χ2v) is 6.05. The monoisotopic (exact) mass is 348 g/mol. The van der Waals surface area contributed by atoms with Crippen LogP contribution in [0.3, 0.4) is 0 Å². The quantitative estimate of drug-likeness (QED) is 0.694. The van der Waals surface area contributed by atoms with Crippen molar-refractivity contribution < 1.29 is 9.90 Å². The van der Waals surface area contributed by atoms with Gasteiger partial charge in [0.2, 0.25) is 0 Å². The van der Waals surface area contributed by atoms with Crippen LogP contribution in [0.2, 0.25) is 0 Å². The van der Waals surface area contributed by atoms with Crippen LogP contribution in [0.25, 0.3) is 10.9 Å². The van der Waals surface area contributed by atoms with Crippen LogP contribution in [0, 0.1) is 0 Å². The molecule has 0 unspecified atom stereocenters. The van der Waals surface area contributed by atoms with E-state index in [9.17, 15) is 14.7 Å². The Morgan fingerprint density at radius 1 is 1.19 bits per heavy atom. The van der Waals surface area contributed by atoms with E-state index in [2.05, 4.69) is 11.9 Å². The van der Waals surface area contributed by atoms with Crippen molar-refractivity contribution in [1.29, 1.82) is 0 Å². The zero-order valence-corrected chi connectivity index (χ0v) is 14.5. The van der Waals surface area contributed by atoms with E-state index in [1.54, 1.807) is 30.3 Å². The molecule has 0 saturated heterocycles. The Morgan fingerprint density at radius 2 is 1.85 bits per heavy atom. The molecule has 5 heteroatoms. The molecule has 1 atom stereocenters. The molecule has 0 radical (unpaired) electrons. The number of hydrogen-bond donors (Lipinski definition) is 2. The highest BCUT2D eigenvalue weighted by atomic mass is 16.3. The lowest BCUT2D eigenvalue weighted by molar-refractivity contribution is 0.0935. The molecule has 132 valence electrons. The molecule has 2 N–H and O–H groups in total. The Balaban J connectivity index is 2.08. The lowest BCUT2D eigenvalue weighted by Gasteiger charge is -2.17. The van der Waals surface area contributed by atoms with E-state index in [1.807, 2.05) is 37.3 Å². The second kappa shape index (κ2) is 7.27. The summed E-state index contributed by atoms with van der Waals surface area (Å²) in [5.41, 5.74) is 0.669.